The smallest absolute Gasteiger partial charge is 0.223 e. The molecule has 1 aromatic rings. The third-order valence-corrected chi connectivity index (χ3v) is 2.67. The number of carbonyl (C=O) groups excluding carboxylic acids is 1. The van der Waals surface area contributed by atoms with Crippen LogP contribution >= 0.6 is 15.9 Å². The van der Waals surface area contributed by atoms with E-state index in [2.05, 4.69) is 21.2 Å². The number of ether oxygens (including phenoxy) is 1. The number of rotatable bonds is 5. The molecule has 0 radical (unpaired) electrons. The van der Waals surface area contributed by atoms with Gasteiger partial charge in [-0.05, 0) is 47.5 Å². The van der Waals surface area contributed by atoms with Gasteiger partial charge in [-0.15, -0.1) is 0 Å². The molecule has 0 unspecified atom stereocenters. The average molecular weight is 286 g/mol. The molecule has 0 bridgehead atoms. The molecule has 0 spiro atoms. The van der Waals surface area contributed by atoms with Gasteiger partial charge in [-0.25, -0.2) is 0 Å². The molecular weight excluding hydrogens is 270 g/mol. The third kappa shape index (κ3) is 4.23. The van der Waals surface area contributed by atoms with Crippen molar-refractivity contribution in [2.45, 2.75) is 20.3 Å². The van der Waals surface area contributed by atoms with Gasteiger partial charge in [-0.2, -0.15) is 0 Å². The zero-order valence-corrected chi connectivity index (χ0v) is 11.1. The fourth-order valence-corrected chi connectivity index (χ4v) is 1.87. The number of amides is 1. The Bertz CT molecular complexity index is 366. The van der Waals surface area contributed by atoms with Crippen LogP contribution < -0.4 is 10.1 Å². The van der Waals surface area contributed by atoms with Crippen molar-refractivity contribution in [3.05, 3.63) is 28.2 Å². The van der Waals surface area contributed by atoms with Crippen LogP contribution in [0, 0.1) is 6.92 Å². The summed E-state index contributed by atoms with van der Waals surface area (Å²) in [5, 5.41) is 2.72. The Morgan fingerprint density at radius 2 is 2.25 bits per heavy atom. The standard InChI is InChI=1S/C12H16BrNO2/c1-3-14-12(15)6-7-16-11-5-4-9(2)8-10(11)13/h4-5,8H,3,6-7H2,1-2H3,(H,14,15). The van der Waals surface area contributed by atoms with Gasteiger partial charge in [-0.3, -0.25) is 4.79 Å². The van der Waals surface area contributed by atoms with Crippen LogP contribution in [0.25, 0.3) is 0 Å². The molecule has 3 nitrogen and oxygen atoms in total. The quantitative estimate of drug-likeness (QED) is 0.903. The van der Waals surface area contributed by atoms with E-state index in [-0.39, 0.29) is 5.91 Å². The van der Waals surface area contributed by atoms with Gasteiger partial charge in [0, 0.05) is 6.54 Å². The highest BCUT2D eigenvalue weighted by atomic mass is 79.9. The van der Waals surface area contributed by atoms with Crippen molar-refractivity contribution < 1.29 is 9.53 Å². The van der Waals surface area contributed by atoms with Crippen molar-refractivity contribution in [2.24, 2.45) is 0 Å². The molecule has 88 valence electrons. The van der Waals surface area contributed by atoms with E-state index < -0.39 is 0 Å². The maximum Gasteiger partial charge on any atom is 0.223 e. The Hall–Kier alpha value is -1.03. The van der Waals surface area contributed by atoms with E-state index in [9.17, 15) is 4.79 Å². The van der Waals surface area contributed by atoms with Crippen molar-refractivity contribution in [3.63, 3.8) is 0 Å². The lowest BCUT2D eigenvalue weighted by Gasteiger charge is -2.08. The summed E-state index contributed by atoms with van der Waals surface area (Å²) >= 11 is 3.42. The Morgan fingerprint density at radius 1 is 1.50 bits per heavy atom. The van der Waals surface area contributed by atoms with Gasteiger partial charge < -0.3 is 10.1 Å². The third-order valence-electron chi connectivity index (χ3n) is 2.05. The summed E-state index contributed by atoms with van der Waals surface area (Å²) in [5.41, 5.74) is 1.17. The van der Waals surface area contributed by atoms with Gasteiger partial charge >= 0.3 is 0 Å². The Morgan fingerprint density at radius 3 is 2.88 bits per heavy atom. The minimum Gasteiger partial charge on any atom is -0.492 e. The Labute approximate surface area is 104 Å². The second-order valence-electron chi connectivity index (χ2n) is 3.49. The molecule has 1 aromatic carbocycles. The first-order chi connectivity index (χ1) is 7.63. The van der Waals surface area contributed by atoms with E-state index in [1.807, 2.05) is 32.0 Å². The van der Waals surface area contributed by atoms with Gasteiger partial charge in [0.2, 0.25) is 5.91 Å². The zero-order valence-electron chi connectivity index (χ0n) is 9.55. The molecule has 0 heterocycles. The minimum atomic E-state index is 0.0192. The second-order valence-corrected chi connectivity index (χ2v) is 4.34. The van der Waals surface area contributed by atoms with Crippen molar-refractivity contribution in [3.8, 4) is 5.75 Å². The molecule has 0 fully saturated rings. The van der Waals surface area contributed by atoms with Crippen LogP contribution in [-0.2, 0) is 4.79 Å². The van der Waals surface area contributed by atoms with Crippen molar-refractivity contribution in [1.29, 1.82) is 0 Å². The lowest BCUT2D eigenvalue weighted by molar-refractivity contribution is -0.121. The molecule has 1 amide bonds. The van der Waals surface area contributed by atoms with Crippen molar-refractivity contribution >= 4 is 21.8 Å². The maximum absolute atomic E-state index is 11.2. The van der Waals surface area contributed by atoms with Gasteiger partial charge in [0.1, 0.15) is 5.75 Å². The first kappa shape index (κ1) is 13.0. The molecule has 4 heteroatoms. The predicted molar refractivity (Wildman–Crippen MR) is 67.7 cm³/mol. The molecule has 0 aliphatic rings. The highest BCUT2D eigenvalue weighted by Gasteiger charge is 2.03. The fourth-order valence-electron chi connectivity index (χ4n) is 1.26. The zero-order chi connectivity index (χ0) is 12.0. The lowest BCUT2D eigenvalue weighted by atomic mass is 10.2. The molecule has 16 heavy (non-hydrogen) atoms. The highest BCUT2D eigenvalue weighted by Crippen LogP contribution is 2.25. The molecule has 0 aromatic heterocycles. The maximum atomic E-state index is 11.2. The van der Waals surface area contributed by atoms with Gasteiger partial charge in [0.25, 0.3) is 0 Å². The lowest BCUT2D eigenvalue weighted by Crippen LogP contribution is -2.24. The largest absolute Gasteiger partial charge is 0.492 e. The van der Waals surface area contributed by atoms with Crippen LogP contribution in [0.2, 0.25) is 0 Å². The topological polar surface area (TPSA) is 38.3 Å². The van der Waals surface area contributed by atoms with Gasteiger partial charge in [0.05, 0.1) is 17.5 Å². The number of halogens is 1. The van der Waals surface area contributed by atoms with E-state index in [1.54, 1.807) is 0 Å². The van der Waals surface area contributed by atoms with Gasteiger partial charge in [-0.1, -0.05) is 6.07 Å². The molecule has 0 saturated carbocycles. The van der Waals surface area contributed by atoms with Crippen molar-refractivity contribution in [1.82, 2.24) is 5.32 Å². The first-order valence-electron chi connectivity index (χ1n) is 5.29. The van der Waals surface area contributed by atoms with Crippen molar-refractivity contribution in [2.75, 3.05) is 13.2 Å². The first-order valence-corrected chi connectivity index (χ1v) is 6.08. The molecule has 0 atom stereocenters. The molecular formula is C12H16BrNO2. The fraction of sp³-hybridized carbons (Fsp3) is 0.417. The summed E-state index contributed by atoms with van der Waals surface area (Å²) in [6.45, 7) is 4.97. The van der Waals surface area contributed by atoms with Crippen LogP contribution in [-0.4, -0.2) is 19.1 Å². The normalized spacial score (nSPS) is 9.94. The van der Waals surface area contributed by atoms with E-state index >= 15 is 0 Å². The van der Waals surface area contributed by atoms with E-state index in [0.29, 0.717) is 19.6 Å². The average Bonchev–Trinajstić information content (AvgIpc) is 2.22. The van der Waals surface area contributed by atoms with Crippen LogP contribution in [0.1, 0.15) is 18.9 Å². The molecule has 1 rings (SSSR count). The van der Waals surface area contributed by atoms with Gasteiger partial charge in [0.15, 0.2) is 0 Å². The summed E-state index contributed by atoms with van der Waals surface area (Å²) in [7, 11) is 0. The van der Waals surface area contributed by atoms with Crippen LogP contribution in [0.15, 0.2) is 22.7 Å². The van der Waals surface area contributed by atoms with Crippen LogP contribution in [0.5, 0.6) is 5.75 Å². The SMILES string of the molecule is CCNC(=O)CCOc1ccc(C)cc1Br. The predicted octanol–water partition coefficient (Wildman–Crippen LogP) is 2.66. The molecule has 0 aliphatic carbocycles. The number of benzene rings is 1. The summed E-state index contributed by atoms with van der Waals surface area (Å²) < 4.78 is 6.42. The molecule has 0 saturated heterocycles. The molecule has 1 N–H and O–H groups in total. The summed E-state index contributed by atoms with van der Waals surface area (Å²) in [4.78, 5) is 11.2. The van der Waals surface area contributed by atoms with Crippen LogP contribution in [0.3, 0.4) is 0 Å². The minimum absolute atomic E-state index is 0.0192. The Kier molecular flexibility index (Phi) is 5.32. The van der Waals surface area contributed by atoms with E-state index in [4.69, 9.17) is 4.74 Å². The summed E-state index contributed by atoms with van der Waals surface area (Å²) in [6.07, 6.45) is 0.383. The number of hydrogen-bond donors (Lipinski definition) is 1. The van der Waals surface area contributed by atoms with Crippen LogP contribution in [0.4, 0.5) is 0 Å². The number of carbonyl (C=O) groups is 1. The molecule has 0 aliphatic heterocycles. The summed E-state index contributed by atoms with van der Waals surface area (Å²) in [6, 6.07) is 5.87. The Balaban J connectivity index is 2.40. The van der Waals surface area contributed by atoms with E-state index in [0.717, 1.165) is 10.2 Å². The number of nitrogens with one attached hydrogen (secondary N) is 1. The second kappa shape index (κ2) is 6.53. The monoisotopic (exact) mass is 285 g/mol. The highest BCUT2D eigenvalue weighted by molar-refractivity contribution is 9.10. The van der Waals surface area contributed by atoms with E-state index in [1.165, 1.54) is 5.56 Å². The summed E-state index contributed by atoms with van der Waals surface area (Å²) in [5.74, 6) is 0.792. The number of aryl methyl sites for hydroxylation is 1. The number of hydrogen-bond acceptors (Lipinski definition) is 2.